The topological polar surface area (TPSA) is 242 Å². The quantitative estimate of drug-likeness (QED) is 0.0787. The van der Waals surface area contributed by atoms with E-state index in [4.69, 9.17) is 19.9 Å². The molecule has 9 atom stereocenters. The fourth-order valence-electron chi connectivity index (χ4n) is 6.80. The molecule has 6 N–H and O–H groups in total. The zero-order chi connectivity index (χ0) is 49.9. The van der Waals surface area contributed by atoms with Crippen LogP contribution in [0.3, 0.4) is 0 Å². The van der Waals surface area contributed by atoms with Crippen LogP contribution in [0.25, 0.3) is 0 Å². The van der Waals surface area contributed by atoms with Crippen LogP contribution < -0.4 is 31.7 Å². The van der Waals surface area contributed by atoms with E-state index in [9.17, 15) is 38.4 Å². The van der Waals surface area contributed by atoms with E-state index in [1.165, 1.54) is 33.0 Å². The average Bonchev–Trinajstić information content (AvgIpc) is 3.24. The van der Waals surface area contributed by atoms with Gasteiger partial charge in [0.2, 0.25) is 29.5 Å². The van der Waals surface area contributed by atoms with E-state index in [-0.39, 0.29) is 55.6 Å². The van der Waals surface area contributed by atoms with Gasteiger partial charge in [-0.3, -0.25) is 28.8 Å². The van der Waals surface area contributed by atoms with Crippen LogP contribution in [-0.4, -0.2) is 115 Å². The van der Waals surface area contributed by atoms with E-state index in [2.05, 4.69) is 21.3 Å². The van der Waals surface area contributed by atoms with E-state index in [0.717, 1.165) is 0 Å². The molecule has 0 saturated carbocycles. The molecular formula is C48H80N6O11. The lowest BCUT2D eigenvalue weighted by molar-refractivity contribution is -0.158. The van der Waals surface area contributed by atoms with Crippen molar-refractivity contribution >= 4 is 47.3 Å². The summed E-state index contributed by atoms with van der Waals surface area (Å²) in [6, 6.07) is 1.09. The van der Waals surface area contributed by atoms with Crippen molar-refractivity contribution < 1.29 is 52.6 Å². The van der Waals surface area contributed by atoms with Crippen molar-refractivity contribution in [2.75, 3.05) is 21.2 Å². The highest BCUT2D eigenvalue weighted by atomic mass is 16.5. The van der Waals surface area contributed by atoms with Crippen molar-refractivity contribution in [1.82, 2.24) is 26.2 Å². The molecule has 0 bridgehead atoms. The van der Waals surface area contributed by atoms with Gasteiger partial charge >= 0.3 is 11.9 Å². The monoisotopic (exact) mass is 917 g/mol. The highest BCUT2D eigenvalue weighted by Crippen LogP contribution is 2.22. The second kappa shape index (κ2) is 27.4. The zero-order valence-corrected chi connectivity index (χ0v) is 41.6. The second-order valence-electron chi connectivity index (χ2n) is 18.9. The molecule has 0 radical (unpaired) electrons. The summed E-state index contributed by atoms with van der Waals surface area (Å²) in [5, 5.41) is 10.6. The van der Waals surface area contributed by atoms with Gasteiger partial charge in [0.25, 0.3) is 0 Å². The molecular weight excluding hydrogens is 837 g/mol. The molecule has 0 aliphatic heterocycles. The Hall–Kier alpha value is -5.06. The molecule has 0 spiro atoms. The first-order valence-corrected chi connectivity index (χ1v) is 22.9. The van der Waals surface area contributed by atoms with Gasteiger partial charge in [0.15, 0.2) is 0 Å². The standard InChI is InChI=1S/C48H80N6O11/c1-16-29(7)39(49)45(60)54(14)36(25-32-18-21-34(22-19-32)65-48(10,11)12)43(58)52-40(30(8)17-2)47(62)64-31(9)41(44(59)51-35(24-27(3)4)46(61)63-15)53-42(57)33(20-23-38(56)50-13)26-37(55)28(5)6/h18-19,21-22,27-31,33,35-36,39-41H,16-17,20,23-26,49H2,1-15H3,(H,50,56)(H,51,59)(H,52,58)(H,53,57)/t29-,30-,31+,33+,35-,36-,39-,40-,41-/m0/s1. The molecule has 0 unspecified atom stereocenters. The third kappa shape index (κ3) is 19.5. The third-order valence-electron chi connectivity index (χ3n) is 11.5. The highest BCUT2D eigenvalue weighted by molar-refractivity contribution is 5.95. The van der Waals surface area contributed by atoms with Gasteiger partial charge in [0.05, 0.1) is 13.2 Å². The van der Waals surface area contributed by atoms with Gasteiger partial charge in [-0.25, -0.2) is 9.59 Å². The molecule has 0 aliphatic rings. The minimum absolute atomic E-state index is 0.0258. The molecule has 65 heavy (non-hydrogen) atoms. The van der Waals surface area contributed by atoms with E-state index in [0.29, 0.717) is 24.2 Å². The summed E-state index contributed by atoms with van der Waals surface area (Å²) in [7, 11) is 4.11. The van der Waals surface area contributed by atoms with Gasteiger partial charge < -0.3 is 46.1 Å². The predicted octanol–water partition coefficient (Wildman–Crippen LogP) is 4.02. The summed E-state index contributed by atoms with van der Waals surface area (Å²) >= 11 is 0. The third-order valence-corrected chi connectivity index (χ3v) is 11.5. The fraction of sp³-hybridized carbons (Fsp3) is 0.708. The Morgan fingerprint density at radius 3 is 1.83 bits per heavy atom. The number of carbonyl (C=O) groups excluding carboxylic acids is 8. The van der Waals surface area contributed by atoms with Gasteiger partial charge in [0, 0.05) is 45.2 Å². The van der Waals surface area contributed by atoms with Crippen LogP contribution in [-0.2, 0) is 54.3 Å². The number of amides is 5. The lowest BCUT2D eigenvalue weighted by Crippen LogP contribution is -2.59. The minimum atomic E-state index is -1.61. The van der Waals surface area contributed by atoms with Crippen LogP contribution >= 0.6 is 0 Å². The number of nitrogens with zero attached hydrogens (tertiary/aromatic N) is 1. The van der Waals surface area contributed by atoms with Crippen LogP contribution in [0, 0.1) is 29.6 Å². The first kappa shape index (κ1) is 58.0. The number of nitrogens with two attached hydrogens (primary N) is 1. The number of esters is 2. The molecule has 1 aromatic carbocycles. The number of benzene rings is 1. The van der Waals surface area contributed by atoms with Crippen molar-refractivity contribution in [3.8, 4) is 5.75 Å². The maximum atomic E-state index is 14.5. The van der Waals surface area contributed by atoms with Gasteiger partial charge in [-0.15, -0.1) is 0 Å². The number of carbonyl (C=O) groups is 8. The molecule has 0 aliphatic carbocycles. The maximum absolute atomic E-state index is 14.5. The fourth-order valence-corrected chi connectivity index (χ4v) is 6.80. The van der Waals surface area contributed by atoms with Gasteiger partial charge in [-0.2, -0.15) is 0 Å². The molecule has 0 fully saturated rings. The first-order chi connectivity index (χ1) is 30.2. The van der Waals surface area contributed by atoms with Crippen molar-refractivity contribution in [3.05, 3.63) is 29.8 Å². The van der Waals surface area contributed by atoms with Crippen molar-refractivity contribution in [2.45, 2.75) is 170 Å². The van der Waals surface area contributed by atoms with E-state index in [1.54, 1.807) is 45.0 Å². The van der Waals surface area contributed by atoms with Gasteiger partial charge in [0.1, 0.15) is 47.4 Å². The van der Waals surface area contributed by atoms with Crippen LogP contribution in [0.4, 0.5) is 0 Å². The Kier molecular flexibility index (Phi) is 24.5. The van der Waals surface area contributed by atoms with E-state index < -0.39 is 95.2 Å². The Labute approximate surface area is 387 Å². The largest absolute Gasteiger partial charge is 0.488 e. The number of Topliss-reactive ketones (excluding diaryl/α,β-unsaturated/α-hetero) is 1. The maximum Gasteiger partial charge on any atom is 0.329 e. The van der Waals surface area contributed by atoms with Crippen molar-refractivity contribution in [2.24, 2.45) is 35.3 Å². The summed E-state index contributed by atoms with van der Waals surface area (Å²) in [5.74, 6) is -6.62. The molecule has 1 aromatic rings. The van der Waals surface area contributed by atoms with Gasteiger partial charge in [-0.05, 0) is 76.0 Å². The van der Waals surface area contributed by atoms with Crippen molar-refractivity contribution in [1.29, 1.82) is 0 Å². The lowest BCUT2D eigenvalue weighted by Gasteiger charge is -2.33. The molecule has 17 heteroatoms. The first-order valence-electron chi connectivity index (χ1n) is 22.9. The SMILES string of the molecule is CC[C@H](C)[C@H](N)C(=O)N(C)[C@@H](Cc1ccc(OC(C)(C)C)cc1)C(=O)N[C@H](C(=O)O[C@H](C)[C@H](NC(=O)[C@H](CCC(=O)NC)CC(=O)C(C)C)C(=O)N[C@@H](CC(C)C)C(=O)OC)[C@@H](C)CC. The molecule has 0 aromatic heterocycles. The minimum Gasteiger partial charge on any atom is -0.488 e. The summed E-state index contributed by atoms with van der Waals surface area (Å²) < 4.78 is 16.8. The smallest absolute Gasteiger partial charge is 0.329 e. The molecule has 0 heterocycles. The van der Waals surface area contributed by atoms with Crippen LogP contribution in [0.1, 0.15) is 127 Å². The van der Waals surface area contributed by atoms with Crippen molar-refractivity contribution in [3.63, 3.8) is 0 Å². The normalized spacial score (nSPS) is 15.7. The summed E-state index contributed by atoms with van der Waals surface area (Å²) in [6.07, 6.45) is -0.477. The average molecular weight is 917 g/mol. The number of ether oxygens (including phenoxy) is 3. The molecule has 1 rings (SSSR count). The van der Waals surface area contributed by atoms with E-state index >= 15 is 0 Å². The molecule has 368 valence electrons. The summed E-state index contributed by atoms with van der Waals surface area (Å²) in [6.45, 7) is 21.5. The van der Waals surface area contributed by atoms with Crippen LogP contribution in [0.5, 0.6) is 5.75 Å². The summed E-state index contributed by atoms with van der Waals surface area (Å²) in [4.78, 5) is 110. The lowest BCUT2D eigenvalue weighted by atomic mass is 9.91. The molecule has 5 amide bonds. The Bertz CT molecular complexity index is 1740. The number of methoxy groups -OCH3 is 1. The number of rotatable bonds is 27. The second-order valence-corrected chi connectivity index (χ2v) is 18.9. The Morgan fingerprint density at radius 2 is 1.34 bits per heavy atom. The molecule has 0 saturated heterocycles. The number of ketones is 1. The van der Waals surface area contributed by atoms with Gasteiger partial charge in [-0.1, -0.05) is 80.4 Å². The Morgan fingerprint density at radius 1 is 0.769 bits per heavy atom. The highest BCUT2D eigenvalue weighted by Gasteiger charge is 2.39. The number of nitrogens with one attached hydrogen (secondary N) is 4. The zero-order valence-electron chi connectivity index (χ0n) is 41.6. The molecule has 17 nitrogen and oxygen atoms in total. The number of hydrogen-bond donors (Lipinski definition) is 5. The Balaban J connectivity index is 3.71. The predicted molar refractivity (Wildman–Crippen MR) is 248 cm³/mol. The van der Waals surface area contributed by atoms with Crippen LogP contribution in [0.2, 0.25) is 0 Å². The van der Waals surface area contributed by atoms with E-state index in [1.807, 2.05) is 55.4 Å². The summed E-state index contributed by atoms with van der Waals surface area (Å²) in [5.41, 5.74) is 6.64. The van der Waals surface area contributed by atoms with Crippen LogP contribution in [0.15, 0.2) is 24.3 Å². The number of hydrogen-bond acceptors (Lipinski definition) is 12. The number of likely N-dealkylation sites (N-methyl/N-ethyl adjacent to an activating group) is 1.